The van der Waals surface area contributed by atoms with Gasteiger partial charge in [-0.1, -0.05) is 13.0 Å². The molecule has 0 spiro atoms. The van der Waals surface area contributed by atoms with E-state index in [2.05, 4.69) is 36.3 Å². The van der Waals surface area contributed by atoms with Crippen LogP contribution in [0.5, 0.6) is 0 Å². The molecule has 18 heavy (non-hydrogen) atoms. The third-order valence-electron chi connectivity index (χ3n) is 3.27. The Bertz CT molecular complexity index is 487. The summed E-state index contributed by atoms with van der Waals surface area (Å²) in [4.78, 5) is 4.50. The predicted molar refractivity (Wildman–Crippen MR) is 72.6 cm³/mol. The Morgan fingerprint density at radius 1 is 1.33 bits per heavy atom. The van der Waals surface area contributed by atoms with Crippen LogP contribution in [0.25, 0.3) is 0 Å². The molecule has 0 saturated carbocycles. The second kappa shape index (κ2) is 5.83. The van der Waals surface area contributed by atoms with E-state index in [-0.39, 0.29) is 6.04 Å². The first-order valence-electron chi connectivity index (χ1n) is 6.39. The van der Waals surface area contributed by atoms with Crippen molar-refractivity contribution >= 4 is 0 Å². The summed E-state index contributed by atoms with van der Waals surface area (Å²) >= 11 is 0. The Hall–Kier alpha value is -1.61. The highest BCUT2D eigenvalue weighted by Gasteiger charge is 2.16. The molecule has 0 amide bonds. The highest BCUT2D eigenvalue weighted by Crippen LogP contribution is 2.21. The van der Waals surface area contributed by atoms with E-state index in [1.165, 1.54) is 11.1 Å². The maximum Gasteiger partial charge on any atom is 0.123 e. The minimum atomic E-state index is 0.181. The summed E-state index contributed by atoms with van der Waals surface area (Å²) in [5.41, 5.74) is 3.54. The molecule has 0 radical (unpaired) electrons. The van der Waals surface area contributed by atoms with Gasteiger partial charge in [0.2, 0.25) is 0 Å². The molecule has 1 atom stereocenters. The average molecular weight is 244 g/mol. The van der Waals surface area contributed by atoms with Crippen LogP contribution in [0.4, 0.5) is 0 Å². The third-order valence-corrected chi connectivity index (χ3v) is 3.27. The summed E-state index contributed by atoms with van der Waals surface area (Å²) < 4.78 is 5.54. The number of pyridine rings is 1. The zero-order chi connectivity index (χ0) is 13.0. The van der Waals surface area contributed by atoms with E-state index in [4.69, 9.17) is 4.42 Å². The fourth-order valence-corrected chi connectivity index (χ4v) is 2.06. The van der Waals surface area contributed by atoms with Gasteiger partial charge in [-0.25, -0.2) is 0 Å². The highest BCUT2D eigenvalue weighted by molar-refractivity contribution is 5.21. The number of hydrogen-bond acceptors (Lipinski definition) is 3. The number of furan rings is 1. The second-order valence-corrected chi connectivity index (χ2v) is 4.52. The maximum atomic E-state index is 5.54. The molecule has 1 unspecified atom stereocenters. The third kappa shape index (κ3) is 2.79. The molecule has 2 aromatic rings. The van der Waals surface area contributed by atoms with E-state index in [1.807, 2.05) is 19.3 Å². The van der Waals surface area contributed by atoms with Crippen LogP contribution in [0.15, 0.2) is 35.1 Å². The number of nitrogens with one attached hydrogen (secondary N) is 1. The van der Waals surface area contributed by atoms with Crippen LogP contribution in [0.1, 0.15) is 35.5 Å². The molecule has 3 nitrogen and oxygen atoms in total. The number of likely N-dealkylation sites (N-methyl/N-ethyl adjacent to an activating group) is 1. The molecule has 0 aliphatic carbocycles. The lowest BCUT2D eigenvalue weighted by Gasteiger charge is -2.14. The van der Waals surface area contributed by atoms with Crippen LogP contribution in [-0.2, 0) is 12.8 Å². The van der Waals surface area contributed by atoms with Gasteiger partial charge in [-0.3, -0.25) is 4.98 Å². The lowest BCUT2D eigenvalue weighted by Crippen LogP contribution is -2.19. The zero-order valence-corrected chi connectivity index (χ0v) is 11.2. The fraction of sp³-hybridized carbons (Fsp3) is 0.400. The van der Waals surface area contributed by atoms with Crippen LogP contribution < -0.4 is 5.32 Å². The Morgan fingerprint density at radius 3 is 2.67 bits per heavy atom. The molecule has 2 heterocycles. The number of nitrogens with zero attached hydrogens (tertiary/aromatic N) is 1. The van der Waals surface area contributed by atoms with Gasteiger partial charge in [0.1, 0.15) is 5.76 Å². The van der Waals surface area contributed by atoms with Crippen LogP contribution in [0.2, 0.25) is 0 Å². The van der Waals surface area contributed by atoms with E-state index >= 15 is 0 Å². The van der Waals surface area contributed by atoms with Gasteiger partial charge in [0.25, 0.3) is 0 Å². The minimum absolute atomic E-state index is 0.181. The van der Waals surface area contributed by atoms with Gasteiger partial charge in [0, 0.05) is 18.3 Å². The van der Waals surface area contributed by atoms with Crippen molar-refractivity contribution < 1.29 is 4.42 Å². The van der Waals surface area contributed by atoms with E-state index in [0.29, 0.717) is 0 Å². The standard InChI is InChI=1S/C15H20N2O/c1-4-12-5-6-13(17-10-12)9-14(16-3)15-11(2)7-8-18-15/h5-8,10,14,16H,4,9H2,1-3H3. The first kappa shape index (κ1) is 12.8. The summed E-state index contributed by atoms with van der Waals surface area (Å²) in [6.45, 7) is 4.20. The topological polar surface area (TPSA) is 38.1 Å². The van der Waals surface area contributed by atoms with Gasteiger partial charge in [0.15, 0.2) is 0 Å². The molecule has 2 aromatic heterocycles. The van der Waals surface area contributed by atoms with Gasteiger partial charge in [-0.2, -0.15) is 0 Å². The lowest BCUT2D eigenvalue weighted by molar-refractivity contribution is 0.424. The minimum Gasteiger partial charge on any atom is -0.467 e. The van der Waals surface area contributed by atoms with E-state index in [9.17, 15) is 0 Å². The average Bonchev–Trinajstić information content (AvgIpc) is 2.83. The van der Waals surface area contributed by atoms with Crippen LogP contribution in [0.3, 0.4) is 0 Å². The van der Waals surface area contributed by atoms with Crippen LogP contribution in [-0.4, -0.2) is 12.0 Å². The predicted octanol–water partition coefficient (Wildman–Crippen LogP) is 3.05. The molecule has 0 bridgehead atoms. The molecule has 1 N–H and O–H groups in total. The summed E-state index contributed by atoms with van der Waals surface area (Å²) in [5.74, 6) is 0.999. The molecule has 0 fully saturated rings. The summed E-state index contributed by atoms with van der Waals surface area (Å²) in [6, 6.07) is 6.42. The molecular formula is C15H20N2O. The molecule has 0 aromatic carbocycles. The van der Waals surface area contributed by atoms with Crippen molar-refractivity contribution in [2.45, 2.75) is 32.7 Å². The van der Waals surface area contributed by atoms with Crippen molar-refractivity contribution in [1.82, 2.24) is 10.3 Å². The van der Waals surface area contributed by atoms with Gasteiger partial charge in [-0.05, 0) is 43.7 Å². The molecule has 2 rings (SSSR count). The monoisotopic (exact) mass is 244 g/mol. The van der Waals surface area contributed by atoms with Crippen molar-refractivity contribution in [3.05, 3.63) is 53.2 Å². The Kier molecular flexibility index (Phi) is 4.15. The summed E-state index contributed by atoms with van der Waals surface area (Å²) in [6.07, 6.45) is 5.56. The largest absolute Gasteiger partial charge is 0.467 e. The van der Waals surface area contributed by atoms with Gasteiger partial charge in [-0.15, -0.1) is 0 Å². The Labute approximate surface area is 108 Å². The Balaban J connectivity index is 2.13. The summed E-state index contributed by atoms with van der Waals surface area (Å²) in [7, 11) is 1.95. The normalized spacial score (nSPS) is 12.6. The van der Waals surface area contributed by atoms with E-state index < -0.39 is 0 Å². The number of hydrogen-bond donors (Lipinski definition) is 1. The van der Waals surface area contributed by atoms with Crippen molar-refractivity contribution in [3.8, 4) is 0 Å². The van der Waals surface area contributed by atoms with Crippen molar-refractivity contribution in [2.75, 3.05) is 7.05 Å². The second-order valence-electron chi connectivity index (χ2n) is 4.52. The number of aromatic nitrogens is 1. The first-order chi connectivity index (χ1) is 8.74. The van der Waals surface area contributed by atoms with Crippen molar-refractivity contribution in [2.24, 2.45) is 0 Å². The molecule has 0 saturated heterocycles. The molecule has 96 valence electrons. The van der Waals surface area contributed by atoms with E-state index in [1.54, 1.807) is 6.26 Å². The number of rotatable bonds is 5. The number of aryl methyl sites for hydroxylation is 2. The summed E-state index contributed by atoms with van der Waals surface area (Å²) in [5, 5.41) is 3.29. The Morgan fingerprint density at radius 2 is 2.17 bits per heavy atom. The molecular weight excluding hydrogens is 224 g/mol. The highest BCUT2D eigenvalue weighted by atomic mass is 16.3. The first-order valence-corrected chi connectivity index (χ1v) is 6.39. The van der Waals surface area contributed by atoms with E-state index in [0.717, 1.165) is 24.3 Å². The molecule has 0 aliphatic heterocycles. The van der Waals surface area contributed by atoms with Gasteiger partial charge >= 0.3 is 0 Å². The van der Waals surface area contributed by atoms with Gasteiger partial charge < -0.3 is 9.73 Å². The zero-order valence-electron chi connectivity index (χ0n) is 11.2. The quantitative estimate of drug-likeness (QED) is 0.878. The molecule has 3 heteroatoms. The van der Waals surface area contributed by atoms with Crippen molar-refractivity contribution in [1.29, 1.82) is 0 Å². The maximum absolute atomic E-state index is 5.54. The van der Waals surface area contributed by atoms with Crippen molar-refractivity contribution in [3.63, 3.8) is 0 Å². The van der Waals surface area contributed by atoms with Crippen LogP contribution in [0, 0.1) is 6.92 Å². The van der Waals surface area contributed by atoms with Crippen LogP contribution >= 0.6 is 0 Å². The SMILES string of the molecule is CCc1ccc(CC(NC)c2occc2C)nc1. The molecule has 0 aliphatic rings. The lowest BCUT2D eigenvalue weighted by atomic mass is 10.1. The fourth-order valence-electron chi connectivity index (χ4n) is 2.06. The van der Waals surface area contributed by atoms with Gasteiger partial charge in [0.05, 0.1) is 12.3 Å². The smallest absolute Gasteiger partial charge is 0.123 e.